The van der Waals surface area contributed by atoms with Crippen LogP contribution in [-0.2, 0) is 26.2 Å². The third-order valence-corrected chi connectivity index (χ3v) is 8.51. The van der Waals surface area contributed by atoms with E-state index in [0.717, 1.165) is 16.2 Å². The summed E-state index contributed by atoms with van der Waals surface area (Å²) >= 11 is 9.38. The minimum Gasteiger partial charge on any atom is -0.477 e. The highest BCUT2D eigenvalue weighted by atomic mass is 35.5. The Hall–Kier alpha value is -2.73. The molecule has 0 radical (unpaired) electrons. The number of rotatable bonds is 8. The van der Waals surface area contributed by atoms with Crippen molar-refractivity contribution in [2.24, 2.45) is 12.0 Å². The van der Waals surface area contributed by atoms with Gasteiger partial charge in [0.1, 0.15) is 21.4 Å². The van der Waals surface area contributed by atoms with E-state index < -0.39 is 35.3 Å². The van der Waals surface area contributed by atoms with Crippen LogP contribution in [0.5, 0.6) is 0 Å². The maximum atomic E-state index is 12.8. The van der Waals surface area contributed by atoms with Crippen molar-refractivity contribution in [1.29, 1.82) is 0 Å². The predicted molar refractivity (Wildman–Crippen MR) is 119 cm³/mol. The SMILES string of the molecule is Cn1nnnc1SCC1=C(C(=O)O)N2C(=O)C(NC(=O)C(O)c3[nH]c(=NC=O)sc3Cl)[C@@H]2SC1. The van der Waals surface area contributed by atoms with Gasteiger partial charge in [0, 0.05) is 18.6 Å². The number of aliphatic hydroxyl groups excluding tert-OH is 1. The quantitative estimate of drug-likeness (QED) is 0.178. The molecule has 180 valence electrons. The Morgan fingerprint density at radius 3 is 2.91 bits per heavy atom. The number of β-lactam (4-membered cyclic amide) rings is 1. The molecule has 0 saturated carbocycles. The number of hydrogen-bond donors (Lipinski definition) is 4. The molecule has 4 N–H and O–H groups in total. The van der Waals surface area contributed by atoms with E-state index in [0.29, 0.717) is 16.5 Å². The summed E-state index contributed by atoms with van der Waals surface area (Å²) in [4.78, 5) is 55.1. The Morgan fingerprint density at radius 2 is 2.26 bits per heavy atom. The lowest BCUT2D eigenvalue weighted by atomic mass is 10.0. The number of thioether (sulfide) groups is 2. The molecule has 3 atom stereocenters. The van der Waals surface area contributed by atoms with Crippen LogP contribution < -0.4 is 10.1 Å². The second-order valence-electron chi connectivity index (χ2n) is 6.88. The summed E-state index contributed by atoms with van der Waals surface area (Å²) < 4.78 is 1.47. The number of tetrazole rings is 1. The molecule has 34 heavy (non-hydrogen) atoms. The number of aliphatic hydroxyl groups is 1. The number of nitrogens with zero attached hydrogens (tertiary/aromatic N) is 6. The van der Waals surface area contributed by atoms with E-state index in [9.17, 15) is 29.4 Å². The first kappa shape index (κ1) is 24.4. The lowest BCUT2D eigenvalue weighted by Crippen LogP contribution is -2.70. The van der Waals surface area contributed by atoms with Crippen molar-refractivity contribution in [3.8, 4) is 0 Å². The predicted octanol–water partition coefficient (Wildman–Crippen LogP) is -1.13. The normalized spacial score (nSPS) is 21.2. The van der Waals surface area contributed by atoms with E-state index in [1.807, 2.05) is 0 Å². The van der Waals surface area contributed by atoms with Gasteiger partial charge in [0.05, 0.1) is 5.69 Å². The van der Waals surface area contributed by atoms with Crippen molar-refractivity contribution in [3.05, 3.63) is 26.1 Å². The van der Waals surface area contributed by atoms with E-state index in [1.165, 1.54) is 28.2 Å². The maximum Gasteiger partial charge on any atom is 0.352 e. The first-order chi connectivity index (χ1) is 16.2. The summed E-state index contributed by atoms with van der Waals surface area (Å²) in [6, 6.07) is -1.03. The van der Waals surface area contributed by atoms with Crippen molar-refractivity contribution in [2.75, 3.05) is 11.5 Å². The van der Waals surface area contributed by atoms with Crippen LogP contribution in [0.2, 0.25) is 4.34 Å². The van der Waals surface area contributed by atoms with Crippen LogP contribution in [0, 0.1) is 0 Å². The molecule has 0 aliphatic carbocycles. The highest BCUT2D eigenvalue weighted by molar-refractivity contribution is 8.01. The number of carboxylic acid groups (broad SMARTS) is 1. The minimum absolute atomic E-state index is 0.0215. The number of aromatic nitrogens is 5. The zero-order valence-corrected chi connectivity index (χ0v) is 20.2. The number of fused-ring (bicyclic) bond motifs is 1. The number of hydrogen-bond acceptors (Lipinski definition) is 11. The number of halogens is 1. The summed E-state index contributed by atoms with van der Waals surface area (Å²) in [5.41, 5.74) is 0.302. The summed E-state index contributed by atoms with van der Waals surface area (Å²) in [5.74, 6) is -2.22. The molecule has 3 amide bonds. The summed E-state index contributed by atoms with van der Waals surface area (Å²) in [7, 11) is 1.65. The van der Waals surface area contributed by atoms with Crippen LogP contribution >= 0.6 is 46.5 Å². The third-order valence-electron chi connectivity index (χ3n) is 4.84. The van der Waals surface area contributed by atoms with Gasteiger partial charge < -0.3 is 20.5 Å². The van der Waals surface area contributed by atoms with Crippen LogP contribution in [0.1, 0.15) is 11.8 Å². The van der Waals surface area contributed by atoms with Gasteiger partial charge in [0.15, 0.2) is 10.9 Å². The van der Waals surface area contributed by atoms with Gasteiger partial charge in [-0.25, -0.2) is 9.48 Å². The number of carbonyl (C=O) groups is 4. The van der Waals surface area contributed by atoms with Gasteiger partial charge in [-0.05, 0) is 16.0 Å². The first-order valence-electron chi connectivity index (χ1n) is 9.32. The zero-order valence-electron chi connectivity index (χ0n) is 17.0. The fourth-order valence-corrected chi connectivity index (χ4v) is 6.67. The highest BCUT2D eigenvalue weighted by Gasteiger charge is 2.54. The van der Waals surface area contributed by atoms with E-state index in [2.05, 4.69) is 30.8 Å². The molecule has 2 aromatic heterocycles. The molecule has 4 rings (SSSR count). The topological polar surface area (TPSA) is 196 Å². The number of aliphatic carboxylic acids is 1. The Kier molecular flexibility index (Phi) is 7.08. The molecule has 1 fully saturated rings. The molecule has 2 aliphatic rings. The van der Waals surface area contributed by atoms with Crippen LogP contribution in [-0.4, -0.2) is 87.4 Å². The Balaban J connectivity index is 1.47. The Bertz CT molecular complexity index is 1270. The lowest BCUT2D eigenvalue weighted by molar-refractivity contribution is -0.151. The largest absolute Gasteiger partial charge is 0.477 e. The maximum absolute atomic E-state index is 12.8. The van der Waals surface area contributed by atoms with E-state index in [4.69, 9.17) is 11.6 Å². The molecular weight excluding hydrogens is 532 g/mol. The van der Waals surface area contributed by atoms with Crippen molar-refractivity contribution < 1.29 is 29.4 Å². The molecule has 0 bridgehead atoms. The van der Waals surface area contributed by atoms with Gasteiger partial charge in [0.25, 0.3) is 11.8 Å². The Morgan fingerprint density at radius 1 is 1.50 bits per heavy atom. The van der Waals surface area contributed by atoms with Crippen molar-refractivity contribution in [2.45, 2.75) is 22.7 Å². The first-order valence-corrected chi connectivity index (χ1v) is 12.5. The standard InChI is InChI=1S/C16H15ClN8O6S3/c1-24-16(21-22-23-24)33-3-5-2-32-13-7(12(29)25(13)8(5)14(30)31)19-11(28)9(27)6-10(17)34-15(20-6)18-4-26/h4,7,9,13,27H,2-3H2,1H3,(H,19,28)(H,30,31)(H,18,20,26)/t7?,9?,13-/m0/s1. The molecular formula is C16H15ClN8O6S3. The Labute approximate surface area is 207 Å². The van der Waals surface area contributed by atoms with Crippen molar-refractivity contribution in [3.63, 3.8) is 0 Å². The fraction of sp³-hybridized carbons (Fsp3) is 0.375. The molecule has 0 spiro atoms. The van der Waals surface area contributed by atoms with Gasteiger partial charge in [-0.1, -0.05) is 34.7 Å². The van der Waals surface area contributed by atoms with Crippen LogP contribution in [0.4, 0.5) is 0 Å². The van der Waals surface area contributed by atoms with E-state index in [1.54, 1.807) is 7.05 Å². The fourth-order valence-electron chi connectivity index (χ4n) is 3.26. The minimum atomic E-state index is -1.75. The van der Waals surface area contributed by atoms with Gasteiger partial charge >= 0.3 is 5.97 Å². The average molecular weight is 547 g/mol. The van der Waals surface area contributed by atoms with Crippen molar-refractivity contribution >= 4 is 70.7 Å². The molecule has 2 unspecified atom stereocenters. The molecule has 0 aromatic carbocycles. The summed E-state index contributed by atoms with van der Waals surface area (Å²) in [6.07, 6.45) is -1.47. The highest BCUT2D eigenvalue weighted by Crippen LogP contribution is 2.41. The van der Waals surface area contributed by atoms with E-state index >= 15 is 0 Å². The number of carboxylic acids is 1. The van der Waals surface area contributed by atoms with Crippen LogP contribution in [0.15, 0.2) is 21.4 Å². The zero-order chi connectivity index (χ0) is 24.6. The second kappa shape index (κ2) is 9.87. The third kappa shape index (κ3) is 4.48. The average Bonchev–Trinajstić information content (AvgIpc) is 3.39. The second-order valence-corrected chi connectivity index (χ2v) is 10.5. The number of thiazole rings is 1. The number of carbonyl (C=O) groups excluding carboxylic acids is 3. The number of nitrogens with one attached hydrogen (secondary N) is 2. The molecule has 4 heterocycles. The summed E-state index contributed by atoms with van der Waals surface area (Å²) in [6.45, 7) is 0. The number of aromatic amines is 1. The molecule has 14 nitrogen and oxygen atoms in total. The van der Waals surface area contributed by atoms with Crippen molar-refractivity contribution in [1.82, 2.24) is 35.4 Å². The van der Waals surface area contributed by atoms with Crippen LogP contribution in [0.25, 0.3) is 0 Å². The lowest BCUT2D eigenvalue weighted by Gasteiger charge is -2.49. The van der Waals surface area contributed by atoms with Gasteiger partial charge in [0.2, 0.25) is 11.6 Å². The van der Waals surface area contributed by atoms with Gasteiger partial charge in [-0.15, -0.1) is 16.9 Å². The number of H-pyrrole nitrogens is 1. The molecule has 2 aromatic rings. The summed E-state index contributed by atoms with van der Waals surface area (Å²) in [5, 5.41) is 33.5. The number of aryl methyl sites for hydroxylation is 1. The molecule has 18 heteroatoms. The van der Waals surface area contributed by atoms with Gasteiger partial charge in [-0.2, -0.15) is 4.99 Å². The molecule has 1 saturated heterocycles. The number of amides is 3. The smallest absolute Gasteiger partial charge is 0.352 e. The monoisotopic (exact) mass is 546 g/mol. The van der Waals surface area contributed by atoms with Gasteiger partial charge in [-0.3, -0.25) is 19.3 Å². The van der Waals surface area contributed by atoms with E-state index in [-0.39, 0.29) is 32.7 Å². The van der Waals surface area contributed by atoms with Crippen LogP contribution in [0.3, 0.4) is 0 Å². The molecule has 2 aliphatic heterocycles.